The van der Waals surface area contributed by atoms with Gasteiger partial charge in [-0.25, -0.2) is 9.78 Å². The highest BCUT2D eigenvalue weighted by Gasteiger charge is 2.33. The highest BCUT2D eigenvalue weighted by molar-refractivity contribution is 5.97. The van der Waals surface area contributed by atoms with Gasteiger partial charge in [0.15, 0.2) is 0 Å². The van der Waals surface area contributed by atoms with Gasteiger partial charge in [0, 0.05) is 12.2 Å². The standard InChI is InChI=1S/C16H14N4O/c21-16-17-9-15(11-4-2-1-3-5-11)20(16)12-6-7-13-14(8-12)19-10-18-13/h1-8,10,15H,9H2,(H,17,21)(H,18,19). The molecule has 1 saturated heterocycles. The zero-order valence-corrected chi connectivity index (χ0v) is 11.3. The highest BCUT2D eigenvalue weighted by atomic mass is 16.2. The van der Waals surface area contributed by atoms with E-state index in [1.165, 1.54) is 0 Å². The predicted molar refractivity (Wildman–Crippen MR) is 81.2 cm³/mol. The lowest BCUT2D eigenvalue weighted by Crippen LogP contribution is -2.29. The number of benzene rings is 2. The van der Waals surface area contributed by atoms with Crippen LogP contribution in [0, 0.1) is 0 Å². The summed E-state index contributed by atoms with van der Waals surface area (Å²) in [5.41, 5.74) is 3.81. The van der Waals surface area contributed by atoms with Crippen LogP contribution in [-0.2, 0) is 0 Å². The van der Waals surface area contributed by atoms with Crippen LogP contribution in [-0.4, -0.2) is 22.5 Å². The van der Waals surface area contributed by atoms with Crippen LogP contribution >= 0.6 is 0 Å². The number of hydrogen-bond acceptors (Lipinski definition) is 2. The largest absolute Gasteiger partial charge is 0.345 e. The van der Waals surface area contributed by atoms with E-state index in [0.29, 0.717) is 6.54 Å². The van der Waals surface area contributed by atoms with Crippen molar-refractivity contribution < 1.29 is 4.79 Å². The van der Waals surface area contributed by atoms with E-state index in [-0.39, 0.29) is 12.1 Å². The van der Waals surface area contributed by atoms with E-state index < -0.39 is 0 Å². The summed E-state index contributed by atoms with van der Waals surface area (Å²) in [6.07, 6.45) is 1.66. The molecule has 0 saturated carbocycles. The van der Waals surface area contributed by atoms with Gasteiger partial charge in [-0.05, 0) is 23.8 Å². The summed E-state index contributed by atoms with van der Waals surface area (Å²) in [7, 11) is 0. The van der Waals surface area contributed by atoms with Crippen molar-refractivity contribution in [3.8, 4) is 0 Å². The monoisotopic (exact) mass is 278 g/mol. The summed E-state index contributed by atoms with van der Waals surface area (Å²) in [4.78, 5) is 21.3. The van der Waals surface area contributed by atoms with Crippen molar-refractivity contribution in [1.29, 1.82) is 0 Å². The maximum atomic E-state index is 12.2. The van der Waals surface area contributed by atoms with E-state index in [4.69, 9.17) is 0 Å². The van der Waals surface area contributed by atoms with Crippen molar-refractivity contribution in [3.63, 3.8) is 0 Å². The number of fused-ring (bicyclic) bond motifs is 1. The Morgan fingerprint density at radius 2 is 2.00 bits per heavy atom. The van der Waals surface area contributed by atoms with Gasteiger partial charge in [0.25, 0.3) is 0 Å². The molecular formula is C16H14N4O. The number of carbonyl (C=O) groups is 1. The first-order chi connectivity index (χ1) is 10.3. The van der Waals surface area contributed by atoms with E-state index in [9.17, 15) is 4.79 Å². The maximum Gasteiger partial charge on any atom is 0.322 e. The fourth-order valence-corrected chi connectivity index (χ4v) is 2.81. The highest BCUT2D eigenvalue weighted by Crippen LogP contribution is 2.31. The molecule has 1 aliphatic rings. The molecule has 2 aromatic carbocycles. The number of nitrogens with zero attached hydrogens (tertiary/aromatic N) is 2. The van der Waals surface area contributed by atoms with E-state index in [0.717, 1.165) is 22.3 Å². The van der Waals surface area contributed by atoms with Gasteiger partial charge in [-0.15, -0.1) is 0 Å². The second kappa shape index (κ2) is 4.63. The van der Waals surface area contributed by atoms with Crippen LogP contribution in [0.3, 0.4) is 0 Å². The summed E-state index contributed by atoms with van der Waals surface area (Å²) in [5, 5.41) is 2.92. The Kier molecular flexibility index (Phi) is 2.64. The summed E-state index contributed by atoms with van der Waals surface area (Å²) in [6.45, 7) is 0.613. The Morgan fingerprint density at radius 3 is 2.86 bits per heavy atom. The second-order valence-electron chi connectivity index (χ2n) is 5.09. The molecule has 4 rings (SSSR count). The van der Waals surface area contributed by atoms with E-state index in [1.54, 1.807) is 11.2 Å². The van der Waals surface area contributed by atoms with Crippen LogP contribution in [0.1, 0.15) is 11.6 Å². The summed E-state index contributed by atoms with van der Waals surface area (Å²) in [6, 6.07) is 15.8. The maximum absolute atomic E-state index is 12.2. The first-order valence-corrected chi connectivity index (χ1v) is 6.88. The average molecular weight is 278 g/mol. The number of amides is 2. The average Bonchev–Trinajstić information content (AvgIpc) is 3.13. The minimum Gasteiger partial charge on any atom is -0.345 e. The molecule has 3 aromatic rings. The Morgan fingerprint density at radius 1 is 1.14 bits per heavy atom. The number of rotatable bonds is 2. The quantitative estimate of drug-likeness (QED) is 0.757. The fourth-order valence-electron chi connectivity index (χ4n) is 2.81. The van der Waals surface area contributed by atoms with Crippen LogP contribution in [0.4, 0.5) is 10.5 Å². The molecule has 2 amide bonds. The SMILES string of the molecule is O=C1NCC(c2ccccc2)N1c1ccc2[nH]cnc2c1. The number of carbonyl (C=O) groups excluding carboxylic acids is 1. The lowest BCUT2D eigenvalue weighted by atomic mass is 10.1. The van der Waals surface area contributed by atoms with Gasteiger partial charge in [-0.3, -0.25) is 4.90 Å². The zero-order valence-electron chi connectivity index (χ0n) is 11.3. The second-order valence-corrected chi connectivity index (χ2v) is 5.09. The molecule has 21 heavy (non-hydrogen) atoms. The molecule has 1 aromatic heterocycles. The topological polar surface area (TPSA) is 61.0 Å². The number of imidazole rings is 1. The molecule has 5 heteroatoms. The van der Waals surface area contributed by atoms with Gasteiger partial charge in [-0.2, -0.15) is 0 Å². The third kappa shape index (κ3) is 1.94. The van der Waals surface area contributed by atoms with Gasteiger partial charge in [0.1, 0.15) is 0 Å². The van der Waals surface area contributed by atoms with Crippen molar-refractivity contribution in [1.82, 2.24) is 15.3 Å². The van der Waals surface area contributed by atoms with Crippen LogP contribution in [0.5, 0.6) is 0 Å². The molecule has 1 aliphatic heterocycles. The number of aromatic nitrogens is 2. The van der Waals surface area contributed by atoms with Gasteiger partial charge in [0.05, 0.1) is 23.4 Å². The third-order valence-corrected chi connectivity index (χ3v) is 3.84. The van der Waals surface area contributed by atoms with Crippen molar-refractivity contribution >= 4 is 22.8 Å². The molecule has 0 spiro atoms. The van der Waals surface area contributed by atoms with Crippen LogP contribution in [0.15, 0.2) is 54.9 Å². The van der Waals surface area contributed by atoms with Crippen molar-refractivity contribution in [2.24, 2.45) is 0 Å². The number of anilines is 1. The van der Waals surface area contributed by atoms with Crippen molar-refractivity contribution in [2.75, 3.05) is 11.4 Å². The Bertz CT molecular complexity index is 796. The molecule has 1 unspecified atom stereocenters. The lowest BCUT2D eigenvalue weighted by Gasteiger charge is -2.23. The van der Waals surface area contributed by atoms with Gasteiger partial charge in [-0.1, -0.05) is 30.3 Å². The van der Waals surface area contributed by atoms with Crippen molar-refractivity contribution in [2.45, 2.75) is 6.04 Å². The minimum atomic E-state index is -0.0706. The molecule has 104 valence electrons. The predicted octanol–water partition coefficient (Wildman–Crippen LogP) is 2.83. The van der Waals surface area contributed by atoms with E-state index >= 15 is 0 Å². The first kappa shape index (κ1) is 12.0. The van der Waals surface area contributed by atoms with Gasteiger partial charge < -0.3 is 10.3 Å². The minimum absolute atomic E-state index is 0.00934. The molecule has 0 radical (unpaired) electrons. The normalized spacial score (nSPS) is 18.2. The first-order valence-electron chi connectivity index (χ1n) is 6.88. The molecule has 1 fully saturated rings. The molecule has 0 bridgehead atoms. The summed E-state index contributed by atoms with van der Waals surface area (Å²) < 4.78 is 0. The molecular weight excluding hydrogens is 264 g/mol. The number of hydrogen-bond donors (Lipinski definition) is 2. The smallest absolute Gasteiger partial charge is 0.322 e. The van der Waals surface area contributed by atoms with Crippen LogP contribution in [0.25, 0.3) is 11.0 Å². The molecule has 5 nitrogen and oxygen atoms in total. The summed E-state index contributed by atoms with van der Waals surface area (Å²) in [5.74, 6) is 0. The molecule has 1 atom stereocenters. The number of aromatic amines is 1. The van der Waals surface area contributed by atoms with Crippen LogP contribution in [0.2, 0.25) is 0 Å². The van der Waals surface area contributed by atoms with Crippen molar-refractivity contribution in [3.05, 3.63) is 60.4 Å². The molecule has 2 heterocycles. The van der Waals surface area contributed by atoms with Crippen LogP contribution < -0.4 is 10.2 Å². The Hall–Kier alpha value is -2.82. The van der Waals surface area contributed by atoms with E-state index in [1.807, 2.05) is 48.5 Å². The van der Waals surface area contributed by atoms with E-state index in [2.05, 4.69) is 15.3 Å². The number of nitrogens with one attached hydrogen (secondary N) is 2. The fraction of sp³-hybridized carbons (Fsp3) is 0.125. The molecule has 0 aliphatic carbocycles. The van der Waals surface area contributed by atoms with Gasteiger partial charge in [0.2, 0.25) is 0 Å². The third-order valence-electron chi connectivity index (χ3n) is 3.84. The molecule has 2 N–H and O–H groups in total. The Balaban J connectivity index is 1.78. The number of H-pyrrole nitrogens is 1. The summed E-state index contributed by atoms with van der Waals surface area (Å²) >= 11 is 0. The zero-order chi connectivity index (χ0) is 14.2. The number of urea groups is 1. The Labute approximate surface area is 121 Å². The lowest BCUT2D eigenvalue weighted by molar-refractivity contribution is 0.251. The van der Waals surface area contributed by atoms with Gasteiger partial charge >= 0.3 is 6.03 Å².